The van der Waals surface area contributed by atoms with Crippen molar-refractivity contribution in [1.29, 1.82) is 0 Å². The standard InChI is InChI=1S/C14H18BrNO3/c1-19-13-3-2-10(8-12(13)15)9-16-6-4-11(5-7-16)14(17)18/h2-3,8,11H,4-7,9H2,1H3,(H,17,18). The number of benzene rings is 1. The van der Waals surface area contributed by atoms with Crippen LogP contribution in [0.15, 0.2) is 22.7 Å². The van der Waals surface area contributed by atoms with Gasteiger partial charge in [-0.2, -0.15) is 0 Å². The van der Waals surface area contributed by atoms with Crippen LogP contribution in [0.3, 0.4) is 0 Å². The molecule has 0 aliphatic carbocycles. The van der Waals surface area contributed by atoms with E-state index in [1.165, 1.54) is 5.56 Å². The van der Waals surface area contributed by atoms with Gasteiger partial charge in [-0.05, 0) is 59.6 Å². The molecular formula is C14H18BrNO3. The van der Waals surface area contributed by atoms with Crippen LogP contribution in [-0.4, -0.2) is 36.2 Å². The first-order valence-corrected chi connectivity index (χ1v) is 7.17. The van der Waals surface area contributed by atoms with Crippen LogP contribution >= 0.6 is 15.9 Å². The fourth-order valence-electron chi connectivity index (χ4n) is 2.40. The van der Waals surface area contributed by atoms with Gasteiger partial charge in [-0.15, -0.1) is 0 Å². The lowest BCUT2D eigenvalue weighted by Gasteiger charge is -2.30. The molecule has 1 aromatic carbocycles. The van der Waals surface area contributed by atoms with E-state index in [9.17, 15) is 4.79 Å². The van der Waals surface area contributed by atoms with Gasteiger partial charge in [0.25, 0.3) is 0 Å². The second-order valence-electron chi connectivity index (χ2n) is 4.86. The first-order chi connectivity index (χ1) is 9.10. The SMILES string of the molecule is COc1ccc(CN2CCC(C(=O)O)CC2)cc1Br. The maximum absolute atomic E-state index is 10.9. The fraction of sp³-hybridized carbons (Fsp3) is 0.500. The van der Waals surface area contributed by atoms with Crippen molar-refractivity contribution < 1.29 is 14.6 Å². The Morgan fingerprint density at radius 2 is 2.16 bits per heavy atom. The average Bonchev–Trinajstić information content (AvgIpc) is 2.39. The Morgan fingerprint density at radius 3 is 2.68 bits per heavy atom. The van der Waals surface area contributed by atoms with Gasteiger partial charge in [0, 0.05) is 6.54 Å². The van der Waals surface area contributed by atoms with Gasteiger partial charge < -0.3 is 9.84 Å². The lowest BCUT2D eigenvalue weighted by molar-refractivity contribution is -0.143. The van der Waals surface area contributed by atoms with Crippen LogP contribution in [-0.2, 0) is 11.3 Å². The Bertz CT molecular complexity index is 456. The molecule has 1 aliphatic rings. The van der Waals surface area contributed by atoms with Crippen LogP contribution in [0.5, 0.6) is 5.75 Å². The number of methoxy groups -OCH3 is 1. The Kier molecular flexibility index (Phi) is 4.82. The summed E-state index contributed by atoms with van der Waals surface area (Å²) in [6.07, 6.45) is 1.49. The van der Waals surface area contributed by atoms with Gasteiger partial charge in [0.1, 0.15) is 5.75 Å². The zero-order chi connectivity index (χ0) is 13.8. The highest BCUT2D eigenvalue weighted by molar-refractivity contribution is 9.10. The number of hydrogen-bond acceptors (Lipinski definition) is 3. The quantitative estimate of drug-likeness (QED) is 0.923. The van der Waals surface area contributed by atoms with Crippen LogP contribution in [0.4, 0.5) is 0 Å². The molecule has 0 amide bonds. The minimum atomic E-state index is -0.660. The average molecular weight is 328 g/mol. The number of piperidine rings is 1. The number of hydrogen-bond donors (Lipinski definition) is 1. The van der Waals surface area contributed by atoms with Crippen LogP contribution in [0.1, 0.15) is 18.4 Å². The third-order valence-corrected chi connectivity index (χ3v) is 4.18. The summed E-state index contributed by atoms with van der Waals surface area (Å²) < 4.78 is 6.16. The summed E-state index contributed by atoms with van der Waals surface area (Å²) in [7, 11) is 1.65. The molecule has 0 bridgehead atoms. The van der Waals surface area contributed by atoms with E-state index in [0.717, 1.165) is 42.7 Å². The lowest BCUT2D eigenvalue weighted by Crippen LogP contribution is -2.35. The van der Waals surface area contributed by atoms with Gasteiger partial charge in [0.15, 0.2) is 0 Å². The number of likely N-dealkylation sites (tertiary alicyclic amines) is 1. The third-order valence-electron chi connectivity index (χ3n) is 3.56. The topological polar surface area (TPSA) is 49.8 Å². The second kappa shape index (κ2) is 6.39. The number of rotatable bonds is 4. The van der Waals surface area contributed by atoms with E-state index in [-0.39, 0.29) is 5.92 Å². The summed E-state index contributed by atoms with van der Waals surface area (Å²) in [6.45, 7) is 2.55. The van der Waals surface area contributed by atoms with Crippen molar-refractivity contribution in [2.75, 3.05) is 20.2 Å². The highest BCUT2D eigenvalue weighted by Gasteiger charge is 2.24. The number of carbonyl (C=O) groups is 1. The van der Waals surface area contributed by atoms with Crippen molar-refractivity contribution in [2.24, 2.45) is 5.92 Å². The smallest absolute Gasteiger partial charge is 0.306 e. The molecule has 0 radical (unpaired) electrons. The number of aliphatic carboxylic acids is 1. The molecule has 1 aromatic rings. The van der Waals surface area contributed by atoms with Crippen molar-refractivity contribution in [3.8, 4) is 5.75 Å². The number of ether oxygens (including phenoxy) is 1. The molecule has 0 unspecified atom stereocenters. The summed E-state index contributed by atoms with van der Waals surface area (Å²) in [5.41, 5.74) is 1.21. The maximum atomic E-state index is 10.9. The Hall–Kier alpha value is -1.07. The normalized spacial score (nSPS) is 17.4. The minimum absolute atomic E-state index is 0.168. The van der Waals surface area contributed by atoms with Crippen molar-refractivity contribution in [2.45, 2.75) is 19.4 Å². The number of nitrogens with zero attached hydrogens (tertiary/aromatic N) is 1. The number of carboxylic acids is 1. The van der Waals surface area contributed by atoms with E-state index >= 15 is 0 Å². The minimum Gasteiger partial charge on any atom is -0.496 e. The largest absolute Gasteiger partial charge is 0.496 e. The van der Waals surface area contributed by atoms with E-state index in [0.29, 0.717) is 0 Å². The van der Waals surface area contributed by atoms with Gasteiger partial charge in [0.2, 0.25) is 0 Å². The molecule has 1 saturated heterocycles. The third kappa shape index (κ3) is 3.70. The van der Waals surface area contributed by atoms with Crippen molar-refractivity contribution in [3.63, 3.8) is 0 Å². The predicted octanol–water partition coefficient (Wildman–Crippen LogP) is 2.75. The number of halogens is 1. The predicted molar refractivity (Wildman–Crippen MR) is 76.3 cm³/mol. The molecular weight excluding hydrogens is 310 g/mol. The molecule has 0 aromatic heterocycles. The van der Waals surface area contributed by atoms with Gasteiger partial charge in [0.05, 0.1) is 17.5 Å². The molecule has 104 valence electrons. The van der Waals surface area contributed by atoms with Crippen molar-refractivity contribution >= 4 is 21.9 Å². The first kappa shape index (κ1) is 14.3. The van der Waals surface area contributed by atoms with E-state index in [1.54, 1.807) is 7.11 Å². The van der Waals surface area contributed by atoms with Gasteiger partial charge in [-0.25, -0.2) is 0 Å². The molecule has 1 heterocycles. The van der Waals surface area contributed by atoms with Crippen LogP contribution in [0.2, 0.25) is 0 Å². The molecule has 1 fully saturated rings. The van der Waals surface area contributed by atoms with E-state index in [2.05, 4.69) is 26.9 Å². The van der Waals surface area contributed by atoms with Crippen molar-refractivity contribution in [1.82, 2.24) is 4.90 Å². The molecule has 19 heavy (non-hydrogen) atoms. The first-order valence-electron chi connectivity index (χ1n) is 6.37. The van der Waals surface area contributed by atoms with E-state index in [1.807, 2.05) is 12.1 Å². The Labute approximate surface area is 121 Å². The molecule has 4 nitrogen and oxygen atoms in total. The van der Waals surface area contributed by atoms with E-state index in [4.69, 9.17) is 9.84 Å². The lowest BCUT2D eigenvalue weighted by atomic mass is 9.97. The highest BCUT2D eigenvalue weighted by atomic mass is 79.9. The molecule has 0 saturated carbocycles. The van der Waals surface area contributed by atoms with Crippen molar-refractivity contribution in [3.05, 3.63) is 28.2 Å². The van der Waals surface area contributed by atoms with Gasteiger partial charge in [-0.1, -0.05) is 6.07 Å². The molecule has 1 N–H and O–H groups in total. The summed E-state index contributed by atoms with van der Waals surface area (Å²) in [6, 6.07) is 6.05. The zero-order valence-corrected chi connectivity index (χ0v) is 12.5. The fourth-order valence-corrected chi connectivity index (χ4v) is 2.99. The summed E-state index contributed by atoms with van der Waals surface area (Å²) in [5.74, 6) is -0.000897. The molecule has 1 aliphatic heterocycles. The Balaban J connectivity index is 1.92. The van der Waals surface area contributed by atoms with E-state index < -0.39 is 5.97 Å². The highest BCUT2D eigenvalue weighted by Crippen LogP contribution is 2.27. The zero-order valence-electron chi connectivity index (χ0n) is 10.9. The summed E-state index contributed by atoms with van der Waals surface area (Å²) in [4.78, 5) is 13.2. The molecule has 0 spiro atoms. The van der Waals surface area contributed by atoms with Crippen LogP contribution < -0.4 is 4.74 Å². The summed E-state index contributed by atoms with van der Waals surface area (Å²) >= 11 is 3.48. The molecule has 2 rings (SSSR count). The number of carboxylic acid groups (broad SMARTS) is 1. The van der Waals surface area contributed by atoms with Gasteiger partial charge in [-0.3, -0.25) is 9.69 Å². The maximum Gasteiger partial charge on any atom is 0.306 e. The monoisotopic (exact) mass is 327 g/mol. The molecule has 5 heteroatoms. The van der Waals surface area contributed by atoms with Crippen LogP contribution in [0, 0.1) is 5.92 Å². The van der Waals surface area contributed by atoms with Crippen LogP contribution in [0.25, 0.3) is 0 Å². The Morgan fingerprint density at radius 1 is 1.47 bits per heavy atom. The van der Waals surface area contributed by atoms with Gasteiger partial charge >= 0.3 is 5.97 Å². The summed E-state index contributed by atoms with van der Waals surface area (Å²) in [5, 5.41) is 8.97. The molecule has 0 atom stereocenters. The second-order valence-corrected chi connectivity index (χ2v) is 5.71.